The lowest BCUT2D eigenvalue weighted by molar-refractivity contribution is 0.260. The molecular formula is C20H25N5O4S2. The highest BCUT2D eigenvalue weighted by Crippen LogP contribution is 2.34. The van der Waals surface area contributed by atoms with Crippen LogP contribution in [-0.4, -0.2) is 48.5 Å². The number of urea groups is 1. The first-order valence-electron chi connectivity index (χ1n) is 9.62. The zero-order valence-corrected chi connectivity index (χ0v) is 19.4. The number of benzene rings is 2. The highest BCUT2D eigenvalue weighted by atomic mass is 32.2. The first-order valence-corrected chi connectivity index (χ1v) is 11.5. The molecule has 1 N–H and O–H groups in total. The molecule has 1 aromatic heterocycles. The van der Waals surface area contributed by atoms with Gasteiger partial charge in [-0.25, -0.2) is 22.5 Å². The minimum atomic E-state index is -3.72. The monoisotopic (exact) mass is 463 g/mol. The van der Waals surface area contributed by atoms with Crippen molar-refractivity contribution in [2.24, 2.45) is 7.05 Å². The van der Waals surface area contributed by atoms with Gasteiger partial charge in [0.25, 0.3) is 0 Å². The van der Waals surface area contributed by atoms with Crippen molar-refractivity contribution in [2.45, 2.75) is 18.7 Å². The Morgan fingerprint density at radius 2 is 1.94 bits per heavy atom. The number of imidazole rings is 1. The van der Waals surface area contributed by atoms with E-state index in [-0.39, 0.29) is 10.6 Å². The van der Waals surface area contributed by atoms with Crippen LogP contribution in [0, 0.1) is 0 Å². The molecule has 0 fully saturated rings. The van der Waals surface area contributed by atoms with Crippen molar-refractivity contribution >= 4 is 51.3 Å². The van der Waals surface area contributed by atoms with E-state index in [2.05, 4.69) is 23.1 Å². The van der Waals surface area contributed by atoms with Gasteiger partial charge >= 0.3 is 6.03 Å². The average Bonchev–Trinajstić information content (AvgIpc) is 3.15. The van der Waals surface area contributed by atoms with Crippen molar-refractivity contribution in [1.29, 1.82) is 0 Å². The Balaban J connectivity index is 1.96. The number of nitrogens with one attached hydrogen (secondary N) is 1. The van der Waals surface area contributed by atoms with Crippen LogP contribution in [0.3, 0.4) is 0 Å². The number of aromatic nitrogens is 2. The molecule has 0 bridgehead atoms. The Morgan fingerprint density at radius 1 is 1.23 bits per heavy atom. The van der Waals surface area contributed by atoms with Gasteiger partial charge in [-0.2, -0.15) is 4.31 Å². The number of amides is 2. The molecule has 0 unspecified atom stereocenters. The highest BCUT2D eigenvalue weighted by Gasteiger charge is 2.25. The zero-order valence-electron chi connectivity index (χ0n) is 17.7. The van der Waals surface area contributed by atoms with Gasteiger partial charge in [-0.15, -0.1) is 0 Å². The zero-order chi connectivity index (χ0) is 22.8. The van der Waals surface area contributed by atoms with E-state index in [1.54, 1.807) is 32.3 Å². The van der Waals surface area contributed by atoms with Gasteiger partial charge in [0.1, 0.15) is 17.0 Å². The quantitative estimate of drug-likeness (QED) is 0.523. The van der Waals surface area contributed by atoms with Crippen molar-refractivity contribution in [3.63, 3.8) is 0 Å². The normalized spacial score (nSPS) is 11.7. The number of ether oxygens (including phenoxy) is 1. The first kappa shape index (κ1) is 22.9. The average molecular weight is 464 g/mol. The summed E-state index contributed by atoms with van der Waals surface area (Å²) in [5, 5.41) is 2.77. The lowest BCUT2D eigenvalue weighted by atomic mass is 10.2. The maximum atomic E-state index is 12.9. The van der Waals surface area contributed by atoms with Crippen LogP contribution >= 0.6 is 12.8 Å². The number of methoxy groups -OCH3 is 1. The van der Waals surface area contributed by atoms with E-state index in [0.29, 0.717) is 30.0 Å². The van der Waals surface area contributed by atoms with E-state index in [0.717, 1.165) is 9.82 Å². The molecule has 3 rings (SSSR count). The van der Waals surface area contributed by atoms with Crippen LogP contribution in [0.1, 0.15) is 13.8 Å². The molecule has 0 radical (unpaired) electrons. The third kappa shape index (κ3) is 4.34. The maximum absolute atomic E-state index is 12.9. The number of carbonyl (C=O) groups excluding carboxylic acids is 1. The van der Waals surface area contributed by atoms with Gasteiger partial charge in [0, 0.05) is 20.1 Å². The van der Waals surface area contributed by atoms with Crippen molar-refractivity contribution in [3.8, 4) is 5.75 Å². The van der Waals surface area contributed by atoms with Gasteiger partial charge in [-0.1, -0.05) is 32.7 Å². The van der Waals surface area contributed by atoms with Crippen molar-refractivity contribution < 1.29 is 17.9 Å². The number of sulfonamides is 1. The number of carbonyl (C=O) groups is 1. The molecule has 0 spiro atoms. The Kier molecular flexibility index (Phi) is 6.77. The van der Waals surface area contributed by atoms with Gasteiger partial charge in [-0.05, 0) is 30.3 Å². The molecule has 9 nitrogen and oxygen atoms in total. The molecule has 0 aliphatic carbocycles. The molecule has 0 aliphatic heterocycles. The van der Waals surface area contributed by atoms with Crippen molar-refractivity contribution in [1.82, 2.24) is 13.9 Å². The molecule has 11 heteroatoms. The number of thiol groups is 1. The Hall–Kier alpha value is -2.76. The van der Waals surface area contributed by atoms with Crippen LogP contribution < -0.4 is 14.4 Å². The third-order valence-electron chi connectivity index (χ3n) is 4.91. The molecule has 166 valence electrons. The molecule has 2 amide bonds. The molecular weight excluding hydrogens is 438 g/mol. The van der Waals surface area contributed by atoms with Crippen LogP contribution in [0.25, 0.3) is 11.0 Å². The molecule has 0 atom stereocenters. The van der Waals surface area contributed by atoms with E-state index in [1.165, 1.54) is 29.6 Å². The van der Waals surface area contributed by atoms with E-state index in [1.807, 2.05) is 17.7 Å². The lowest BCUT2D eigenvalue weighted by Crippen LogP contribution is -2.31. The molecule has 0 saturated carbocycles. The van der Waals surface area contributed by atoms with Crippen molar-refractivity contribution in [3.05, 3.63) is 42.7 Å². The van der Waals surface area contributed by atoms with E-state index < -0.39 is 16.1 Å². The first-order chi connectivity index (χ1) is 14.7. The van der Waals surface area contributed by atoms with E-state index >= 15 is 0 Å². The molecule has 1 heterocycles. The molecule has 0 aliphatic rings. The Bertz CT molecular complexity index is 1210. The lowest BCUT2D eigenvalue weighted by Gasteiger charge is -2.22. The van der Waals surface area contributed by atoms with Crippen LogP contribution in [0.15, 0.2) is 47.6 Å². The standard InChI is InChI=1S/C20H25N5O4S2/c1-5-24(6-2)31(27,28)14-10-11-18(29-4)17(12-14)25(30)20(26)22-15-8-7-9-16-19(15)21-13-23(16)3/h7-13,30H,5-6H2,1-4H3,(H,22,26). The van der Waals surface area contributed by atoms with E-state index in [4.69, 9.17) is 4.74 Å². The number of para-hydroxylation sites is 1. The van der Waals surface area contributed by atoms with Gasteiger partial charge in [-0.3, -0.25) is 0 Å². The second-order valence-electron chi connectivity index (χ2n) is 6.69. The van der Waals surface area contributed by atoms with Crippen LogP contribution in [0.4, 0.5) is 16.2 Å². The highest BCUT2D eigenvalue weighted by molar-refractivity contribution is 7.89. The fraction of sp³-hybridized carbons (Fsp3) is 0.300. The minimum Gasteiger partial charge on any atom is -0.495 e. The summed E-state index contributed by atoms with van der Waals surface area (Å²) in [6, 6.07) is 9.16. The summed E-state index contributed by atoms with van der Waals surface area (Å²) in [4.78, 5) is 17.3. The number of hydrogen-bond acceptors (Lipinski definition) is 6. The number of rotatable bonds is 7. The van der Waals surface area contributed by atoms with Crippen LogP contribution in [0.5, 0.6) is 5.75 Å². The van der Waals surface area contributed by atoms with Crippen LogP contribution in [-0.2, 0) is 17.1 Å². The minimum absolute atomic E-state index is 0.0469. The van der Waals surface area contributed by atoms with E-state index in [9.17, 15) is 13.2 Å². The molecule has 31 heavy (non-hydrogen) atoms. The third-order valence-corrected chi connectivity index (χ3v) is 7.35. The number of nitrogens with zero attached hydrogens (tertiary/aromatic N) is 4. The smallest absolute Gasteiger partial charge is 0.336 e. The number of fused-ring (bicyclic) bond motifs is 1. The van der Waals surface area contributed by atoms with Gasteiger partial charge < -0.3 is 14.6 Å². The second-order valence-corrected chi connectivity index (χ2v) is 9.03. The number of aryl methyl sites for hydroxylation is 1. The van der Waals surface area contributed by atoms with Gasteiger partial charge in [0.2, 0.25) is 10.0 Å². The maximum Gasteiger partial charge on any atom is 0.336 e. The fourth-order valence-electron chi connectivity index (χ4n) is 3.24. The molecule has 0 saturated heterocycles. The summed E-state index contributed by atoms with van der Waals surface area (Å²) in [6.07, 6.45) is 1.66. The molecule has 2 aromatic carbocycles. The summed E-state index contributed by atoms with van der Waals surface area (Å²) < 4.78 is 35.3. The number of hydrogen-bond donors (Lipinski definition) is 2. The summed E-state index contributed by atoms with van der Waals surface area (Å²) in [5.74, 6) is 0.305. The topological polar surface area (TPSA) is 96.8 Å². The summed E-state index contributed by atoms with van der Waals surface area (Å²) in [6.45, 7) is 4.20. The summed E-state index contributed by atoms with van der Waals surface area (Å²) in [7, 11) is -0.424. The predicted octanol–water partition coefficient (Wildman–Crippen LogP) is 3.50. The molecule has 3 aromatic rings. The summed E-state index contributed by atoms with van der Waals surface area (Å²) >= 11 is 4.32. The fourth-order valence-corrected chi connectivity index (χ4v) is 4.93. The second kappa shape index (κ2) is 9.16. The van der Waals surface area contributed by atoms with Crippen molar-refractivity contribution in [2.75, 3.05) is 29.8 Å². The van der Waals surface area contributed by atoms with Crippen LogP contribution in [0.2, 0.25) is 0 Å². The van der Waals surface area contributed by atoms with Gasteiger partial charge in [0.15, 0.2) is 0 Å². The predicted molar refractivity (Wildman–Crippen MR) is 124 cm³/mol. The number of anilines is 2. The Labute approximate surface area is 187 Å². The Morgan fingerprint density at radius 3 is 2.58 bits per heavy atom. The van der Waals surface area contributed by atoms with Gasteiger partial charge in [0.05, 0.1) is 29.5 Å². The summed E-state index contributed by atoms with van der Waals surface area (Å²) in [5.41, 5.74) is 2.19. The largest absolute Gasteiger partial charge is 0.495 e. The SMILES string of the molecule is CCN(CC)S(=O)(=O)c1ccc(OC)c(N(S)C(=O)Nc2cccc3c2ncn3C)c1.